The largest absolute Gasteiger partial charge is 0.354 e. The summed E-state index contributed by atoms with van der Waals surface area (Å²) in [5.41, 5.74) is 1.15. The minimum atomic E-state index is 0.524. The number of rotatable bonds is 5. The van der Waals surface area contributed by atoms with Crippen LogP contribution in [0.15, 0.2) is 17.3 Å². The van der Waals surface area contributed by atoms with Crippen LogP contribution in [0.3, 0.4) is 0 Å². The van der Waals surface area contributed by atoms with Gasteiger partial charge in [0.05, 0.1) is 12.2 Å². The third kappa shape index (κ3) is 4.74. The summed E-state index contributed by atoms with van der Waals surface area (Å²) in [6, 6.07) is 2.54. The van der Waals surface area contributed by atoms with Gasteiger partial charge in [-0.05, 0) is 31.9 Å². The van der Waals surface area contributed by atoms with E-state index in [-0.39, 0.29) is 0 Å². The molecule has 2 heterocycles. The Balaban J connectivity index is 1.74. The summed E-state index contributed by atoms with van der Waals surface area (Å²) in [6.45, 7) is 6.58. The fourth-order valence-electron chi connectivity index (χ4n) is 2.75. The number of likely N-dealkylation sites (tertiary alicyclic amines) is 1. The van der Waals surface area contributed by atoms with Crippen LogP contribution in [0, 0.1) is 0 Å². The van der Waals surface area contributed by atoms with Crippen molar-refractivity contribution in [3.05, 3.63) is 18.0 Å². The molecule has 1 fully saturated rings. The predicted molar refractivity (Wildman–Crippen MR) is 86.3 cm³/mol. The van der Waals surface area contributed by atoms with Crippen LogP contribution < -0.4 is 10.6 Å². The number of hydrogen-bond donors (Lipinski definition) is 2. The third-order valence-corrected chi connectivity index (χ3v) is 4.05. The molecule has 6 nitrogen and oxygen atoms in total. The first kappa shape index (κ1) is 15.8. The molecular weight excluding hydrogens is 264 g/mol. The summed E-state index contributed by atoms with van der Waals surface area (Å²) in [6.07, 6.45) is 5.43. The highest BCUT2D eigenvalue weighted by molar-refractivity contribution is 5.79. The monoisotopic (exact) mass is 292 g/mol. The highest BCUT2D eigenvalue weighted by Gasteiger charge is 2.19. The molecule has 1 aliphatic rings. The lowest BCUT2D eigenvalue weighted by Crippen LogP contribution is -2.48. The van der Waals surface area contributed by atoms with Gasteiger partial charge >= 0.3 is 0 Å². The number of aryl methyl sites for hydroxylation is 1. The minimum Gasteiger partial charge on any atom is -0.354 e. The van der Waals surface area contributed by atoms with Gasteiger partial charge in [0.25, 0.3) is 0 Å². The molecule has 0 unspecified atom stereocenters. The molecule has 1 aromatic rings. The molecule has 6 heteroatoms. The fourth-order valence-corrected chi connectivity index (χ4v) is 2.75. The van der Waals surface area contributed by atoms with Crippen LogP contribution in [0.2, 0.25) is 0 Å². The van der Waals surface area contributed by atoms with Gasteiger partial charge in [-0.1, -0.05) is 6.92 Å². The minimum absolute atomic E-state index is 0.524. The maximum atomic E-state index is 4.32. The lowest BCUT2D eigenvalue weighted by Gasteiger charge is -2.32. The number of piperidine rings is 1. The van der Waals surface area contributed by atoms with E-state index in [2.05, 4.69) is 32.5 Å². The first-order valence-electron chi connectivity index (χ1n) is 7.89. The van der Waals surface area contributed by atoms with Crippen molar-refractivity contribution < 1.29 is 0 Å². The Kier molecular flexibility index (Phi) is 6.04. The summed E-state index contributed by atoms with van der Waals surface area (Å²) < 4.78 is 1.88. The predicted octanol–water partition coefficient (Wildman–Crippen LogP) is 0.960. The van der Waals surface area contributed by atoms with Crippen LogP contribution in [0.1, 0.15) is 31.9 Å². The smallest absolute Gasteiger partial charge is 0.191 e. The van der Waals surface area contributed by atoms with Gasteiger partial charge in [0.15, 0.2) is 5.96 Å². The van der Waals surface area contributed by atoms with Gasteiger partial charge in [-0.3, -0.25) is 9.67 Å². The van der Waals surface area contributed by atoms with Crippen molar-refractivity contribution in [1.82, 2.24) is 25.3 Å². The maximum absolute atomic E-state index is 4.32. The Labute approximate surface area is 127 Å². The number of aromatic nitrogens is 2. The molecule has 1 saturated heterocycles. The second-order valence-corrected chi connectivity index (χ2v) is 5.63. The van der Waals surface area contributed by atoms with E-state index in [1.165, 1.54) is 38.9 Å². The Morgan fingerprint density at radius 2 is 2.19 bits per heavy atom. The van der Waals surface area contributed by atoms with E-state index >= 15 is 0 Å². The number of nitrogens with zero attached hydrogens (tertiary/aromatic N) is 4. The molecule has 0 aromatic carbocycles. The lowest BCUT2D eigenvalue weighted by atomic mass is 10.1. The van der Waals surface area contributed by atoms with Gasteiger partial charge in [0.1, 0.15) is 0 Å². The van der Waals surface area contributed by atoms with Crippen molar-refractivity contribution in [2.75, 3.05) is 26.7 Å². The second kappa shape index (κ2) is 8.02. The standard InChI is InChI=1S/C15H28N6/c1-4-9-21-10-6-13(7-11-21)19-15(16-2)17-12-14-5-8-18-20(14)3/h5,8,13H,4,6-7,9-12H2,1-3H3,(H2,16,17,19). The Morgan fingerprint density at radius 1 is 1.43 bits per heavy atom. The van der Waals surface area contributed by atoms with E-state index in [0.717, 1.165) is 18.2 Å². The SMILES string of the molecule is CCCN1CCC(NC(=NC)NCc2ccnn2C)CC1. The van der Waals surface area contributed by atoms with Crippen LogP contribution in [-0.4, -0.2) is 53.4 Å². The van der Waals surface area contributed by atoms with E-state index in [4.69, 9.17) is 0 Å². The summed E-state index contributed by atoms with van der Waals surface area (Å²) >= 11 is 0. The van der Waals surface area contributed by atoms with Crippen LogP contribution in [0.5, 0.6) is 0 Å². The first-order valence-corrected chi connectivity index (χ1v) is 7.89. The molecule has 0 saturated carbocycles. The average Bonchev–Trinajstić information content (AvgIpc) is 2.91. The zero-order valence-corrected chi connectivity index (χ0v) is 13.5. The van der Waals surface area contributed by atoms with Gasteiger partial charge < -0.3 is 15.5 Å². The molecule has 0 aliphatic carbocycles. The molecule has 0 atom stereocenters. The molecule has 1 aliphatic heterocycles. The molecule has 0 radical (unpaired) electrons. The van der Waals surface area contributed by atoms with Crippen LogP contribution in [0.4, 0.5) is 0 Å². The Bertz CT molecular complexity index is 445. The highest BCUT2D eigenvalue weighted by Crippen LogP contribution is 2.10. The van der Waals surface area contributed by atoms with E-state index in [9.17, 15) is 0 Å². The normalized spacial score (nSPS) is 18.0. The first-order chi connectivity index (χ1) is 10.2. The molecule has 1 aromatic heterocycles. The van der Waals surface area contributed by atoms with E-state index in [1.807, 2.05) is 31.0 Å². The van der Waals surface area contributed by atoms with Crippen molar-refractivity contribution in [3.8, 4) is 0 Å². The van der Waals surface area contributed by atoms with Gasteiger partial charge in [-0.2, -0.15) is 5.10 Å². The Hall–Kier alpha value is -1.56. The van der Waals surface area contributed by atoms with Crippen molar-refractivity contribution in [2.24, 2.45) is 12.0 Å². The number of nitrogens with one attached hydrogen (secondary N) is 2. The van der Waals surface area contributed by atoms with Crippen molar-refractivity contribution in [3.63, 3.8) is 0 Å². The van der Waals surface area contributed by atoms with Crippen LogP contribution >= 0.6 is 0 Å². The second-order valence-electron chi connectivity index (χ2n) is 5.63. The molecule has 2 rings (SSSR count). The molecule has 118 valence electrons. The van der Waals surface area contributed by atoms with E-state index in [0.29, 0.717) is 6.04 Å². The summed E-state index contributed by atoms with van der Waals surface area (Å²) in [5, 5.41) is 11.1. The summed E-state index contributed by atoms with van der Waals surface area (Å²) in [4.78, 5) is 6.86. The number of aliphatic imine (C=N–C) groups is 1. The molecule has 0 amide bonds. The van der Waals surface area contributed by atoms with Crippen LogP contribution in [-0.2, 0) is 13.6 Å². The van der Waals surface area contributed by atoms with E-state index < -0.39 is 0 Å². The van der Waals surface area contributed by atoms with E-state index in [1.54, 1.807) is 0 Å². The lowest BCUT2D eigenvalue weighted by molar-refractivity contribution is 0.206. The summed E-state index contributed by atoms with van der Waals surface area (Å²) in [7, 11) is 3.78. The molecule has 0 bridgehead atoms. The molecule has 21 heavy (non-hydrogen) atoms. The topological polar surface area (TPSA) is 57.5 Å². The van der Waals surface area contributed by atoms with Crippen LogP contribution in [0.25, 0.3) is 0 Å². The average molecular weight is 292 g/mol. The molecule has 2 N–H and O–H groups in total. The van der Waals surface area contributed by atoms with Gasteiger partial charge in [-0.15, -0.1) is 0 Å². The number of guanidine groups is 1. The molecular formula is C15H28N6. The van der Waals surface area contributed by atoms with Crippen molar-refractivity contribution in [1.29, 1.82) is 0 Å². The quantitative estimate of drug-likeness (QED) is 0.627. The summed E-state index contributed by atoms with van der Waals surface area (Å²) in [5.74, 6) is 0.880. The third-order valence-electron chi connectivity index (χ3n) is 4.05. The highest BCUT2D eigenvalue weighted by atomic mass is 15.3. The fraction of sp³-hybridized carbons (Fsp3) is 0.733. The van der Waals surface area contributed by atoms with Gasteiger partial charge in [0.2, 0.25) is 0 Å². The maximum Gasteiger partial charge on any atom is 0.191 e. The zero-order valence-electron chi connectivity index (χ0n) is 13.5. The van der Waals surface area contributed by atoms with Crippen molar-refractivity contribution >= 4 is 5.96 Å². The molecule has 0 spiro atoms. The number of hydrogen-bond acceptors (Lipinski definition) is 3. The zero-order chi connectivity index (χ0) is 15.1. The van der Waals surface area contributed by atoms with Crippen molar-refractivity contribution in [2.45, 2.75) is 38.8 Å². The Morgan fingerprint density at radius 3 is 2.76 bits per heavy atom. The van der Waals surface area contributed by atoms with Gasteiger partial charge in [-0.25, -0.2) is 0 Å². The van der Waals surface area contributed by atoms with Gasteiger partial charge in [0, 0.05) is 39.4 Å².